The van der Waals surface area contributed by atoms with E-state index in [2.05, 4.69) is 10.3 Å². The van der Waals surface area contributed by atoms with Gasteiger partial charge in [0.05, 0.1) is 35.9 Å². The number of amides is 1. The van der Waals surface area contributed by atoms with Crippen LogP contribution in [0.1, 0.15) is 21.6 Å². The standard InChI is InChI=1S/C26H21ClFN3O5/c1-14-4-9-17-25(34)18(24(33)15-5-7-16(28)8-6-15)12-31(26(17)29-14)13-23(32)30-20-10-19(27)21(35-2)11-22(20)36-3/h4-12H,13H2,1-3H3,(H,30,32). The van der Waals surface area contributed by atoms with Gasteiger partial charge in [-0.25, -0.2) is 9.37 Å². The van der Waals surface area contributed by atoms with E-state index in [1.165, 1.54) is 49.2 Å². The molecule has 8 nitrogen and oxygen atoms in total. The van der Waals surface area contributed by atoms with Crippen LogP contribution in [0.2, 0.25) is 5.02 Å². The molecule has 0 radical (unpaired) electrons. The highest BCUT2D eigenvalue weighted by atomic mass is 35.5. The zero-order valence-corrected chi connectivity index (χ0v) is 20.4. The Balaban J connectivity index is 1.75. The van der Waals surface area contributed by atoms with Gasteiger partial charge >= 0.3 is 0 Å². The number of rotatable bonds is 7. The Bertz CT molecular complexity index is 1550. The Labute approximate surface area is 210 Å². The number of aryl methyl sites for hydroxylation is 1. The van der Waals surface area contributed by atoms with Gasteiger partial charge < -0.3 is 19.4 Å². The van der Waals surface area contributed by atoms with Gasteiger partial charge in [-0.3, -0.25) is 14.4 Å². The molecular formula is C26H21ClFN3O5. The van der Waals surface area contributed by atoms with E-state index in [0.29, 0.717) is 22.9 Å². The van der Waals surface area contributed by atoms with E-state index in [1.807, 2.05) is 0 Å². The van der Waals surface area contributed by atoms with Crippen molar-refractivity contribution in [3.05, 3.63) is 92.6 Å². The predicted molar refractivity (Wildman–Crippen MR) is 134 cm³/mol. The summed E-state index contributed by atoms with van der Waals surface area (Å²) < 4.78 is 25.2. The number of benzene rings is 2. The van der Waals surface area contributed by atoms with Crippen LogP contribution in [-0.2, 0) is 11.3 Å². The first-order valence-electron chi connectivity index (χ1n) is 10.7. The van der Waals surface area contributed by atoms with Crippen molar-refractivity contribution < 1.29 is 23.5 Å². The van der Waals surface area contributed by atoms with Crippen molar-refractivity contribution in [3.63, 3.8) is 0 Å². The fourth-order valence-electron chi connectivity index (χ4n) is 3.70. The van der Waals surface area contributed by atoms with Gasteiger partial charge in [-0.1, -0.05) is 11.6 Å². The summed E-state index contributed by atoms with van der Waals surface area (Å²) >= 11 is 6.20. The van der Waals surface area contributed by atoms with Crippen molar-refractivity contribution in [3.8, 4) is 11.5 Å². The summed E-state index contributed by atoms with van der Waals surface area (Å²) in [5.74, 6) is -0.881. The van der Waals surface area contributed by atoms with E-state index in [0.717, 1.165) is 12.1 Å². The number of aromatic nitrogens is 2. The number of hydrogen-bond acceptors (Lipinski definition) is 6. The minimum Gasteiger partial charge on any atom is -0.495 e. The number of carbonyl (C=O) groups is 2. The number of nitrogens with zero attached hydrogens (tertiary/aromatic N) is 2. The molecule has 2 aromatic carbocycles. The largest absolute Gasteiger partial charge is 0.495 e. The van der Waals surface area contributed by atoms with Crippen molar-refractivity contribution in [2.75, 3.05) is 19.5 Å². The lowest BCUT2D eigenvalue weighted by atomic mass is 10.0. The molecule has 0 saturated heterocycles. The summed E-state index contributed by atoms with van der Waals surface area (Å²) in [7, 11) is 2.90. The Hall–Kier alpha value is -4.24. The molecule has 0 saturated carbocycles. The molecule has 10 heteroatoms. The van der Waals surface area contributed by atoms with Crippen LogP contribution in [0, 0.1) is 12.7 Å². The molecule has 0 atom stereocenters. The Morgan fingerprint density at radius 1 is 1.06 bits per heavy atom. The number of anilines is 1. The number of ketones is 1. The molecule has 0 unspecified atom stereocenters. The highest BCUT2D eigenvalue weighted by molar-refractivity contribution is 6.32. The molecule has 0 bridgehead atoms. The van der Waals surface area contributed by atoms with Crippen LogP contribution in [0.25, 0.3) is 11.0 Å². The third-order valence-electron chi connectivity index (χ3n) is 5.47. The molecule has 2 aromatic heterocycles. The molecule has 0 aliphatic rings. The van der Waals surface area contributed by atoms with Crippen LogP contribution in [0.4, 0.5) is 10.1 Å². The molecule has 0 spiro atoms. The number of nitrogens with one attached hydrogen (secondary N) is 1. The van der Waals surface area contributed by atoms with Crippen LogP contribution in [0.3, 0.4) is 0 Å². The number of hydrogen-bond donors (Lipinski definition) is 1. The molecule has 4 rings (SSSR count). The summed E-state index contributed by atoms with van der Waals surface area (Å²) in [6, 6.07) is 11.1. The molecule has 0 aliphatic heterocycles. The molecule has 36 heavy (non-hydrogen) atoms. The van der Waals surface area contributed by atoms with E-state index in [1.54, 1.807) is 19.1 Å². The average molecular weight is 510 g/mol. The van der Waals surface area contributed by atoms with Crippen LogP contribution in [0.5, 0.6) is 11.5 Å². The lowest BCUT2D eigenvalue weighted by Gasteiger charge is -2.15. The quantitative estimate of drug-likeness (QED) is 0.371. The maximum atomic E-state index is 13.3. The zero-order valence-electron chi connectivity index (χ0n) is 19.6. The highest BCUT2D eigenvalue weighted by Crippen LogP contribution is 2.35. The lowest BCUT2D eigenvalue weighted by molar-refractivity contribution is -0.116. The van der Waals surface area contributed by atoms with Gasteiger partial charge in [0.25, 0.3) is 0 Å². The second-order valence-corrected chi connectivity index (χ2v) is 8.30. The van der Waals surface area contributed by atoms with Crippen LogP contribution >= 0.6 is 11.6 Å². The summed E-state index contributed by atoms with van der Waals surface area (Å²) in [6.45, 7) is 1.47. The second kappa shape index (κ2) is 10.2. The first-order valence-corrected chi connectivity index (χ1v) is 11.1. The Morgan fingerprint density at radius 3 is 2.42 bits per heavy atom. The van der Waals surface area contributed by atoms with Crippen molar-refractivity contribution in [1.82, 2.24) is 9.55 Å². The van der Waals surface area contributed by atoms with E-state index in [4.69, 9.17) is 21.1 Å². The lowest BCUT2D eigenvalue weighted by Crippen LogP contribution is -2.25. The van der Waals surface area contributed by atoms with Gasteiger partial charge in [0, 0.05) is 23.5 Å². The third kappa shape index (κ3) is 4.92. The van der Waals surface area contributed by atoms with E-state index in [9.17, 15) is 18.8 Å². The monoisotopic (exact) mass is 509 g/mol. The van der Waals surface area contributed by atoms with Gasteiger partial charge in [0.1, 0.15) is 29.5 Å². The fourth-order valence-corrected chi connectivity index (χ4v) is 3.94. The highest BCUT2D eigenvalue weighted by Gasteiger charge is 2.20. The van der Waals surface area contributed by atoms with Crippen LogP contribution in [0.15, 0.2) is 59.5 Å². The minimum atomic E-state index is -0.597. The van der Waals surface area contributed by atoms with Gasteiger partial charge in [-0.2, -0.15) is 0 Å². The smallest absolute Gasteiger partial charge is 0.244 e. The SMILES string of the molecule is COc1cc(OC)c(NC(=O)Cn2cc(C(=O)c3ccc(F)cc3)c(=O)c3ccc(C)nc32)cc1Cl. The molecule has 0 fully saturated rings. The van der Waals surface area contributed by atoms with Crippen LogP contribution < -0.4 is 20.2 Å². The number of halogens is 2. The molecular weight excluding hydrogens is 489 g/mol. The Kier molecular flexibility index (Phi) is 7.03. The van der Waals surface area contributed by atoms with Gasteiger partial charge in [-0.15, -0.1) is 0 Å². The van der Waals surface area contributed by atoms with E-state index >= 15 is 0 Å². The maximum Gasteiger partial charge on any atom is 0.244 e. The van der Waals surface area contributed by atoms with Crippen molar-refractivity contribution in [2.45, 2.75) is 13.5 Å². The van der Waals surface area contributed by atoms with Crippen molar-refractivity contribution in [2.24, 2.45) is 0 Å². The molecule has 2 heterocycles. The normalized spacial score (nSPS) is 10.8. The summed E-state index contributed by atoms with van der Waals surface area (Å²) in [5.41, 5.74) is 0.611. The van der Waals surface area contributed by atoms with Gasteiger partial charge in [0.2, 0.25) is 11.3 Å². The van der Waals surface area contributed by atoms with Gasteiger partial charge in [0.15, 0.2) is 5.78 Å². The first-order chi connectivity index (χ1) is 17.2. The molecule has 4 aromatic rings. The molecule has 0 aliphatic carbocycles. The topological polar surface area (TPSA) is 99.5 Å². The minimum absolute atomic E-state index is 0.140. The second-order valence-electron chi connectivity index (χ2n) is 7.89. The zero-order chi connectivity index (χ0) is 26.0. The van der Waals surface area contributed by atoms with Crippen molar-refractivity contribution >= 4 is 40.0 Å². The molecule has 1 N–H and O–H groups in total. The Morgan fingerprint density at radius 2 is 1.75 bits per heavy atom. The number of methoxy groups -OCH3 is 2. The number of ether oxygens (including phenoxy) is 2. The number of carbonyl (C=O) groups excluding carboxylic acids is 2. The molecule has 1 amide bonds. The predicted octanol–water partition coefficient (Wildman–Crippen LogP) is 4.38. The molecule has 184 valence electrons. The van der Waals surface area contributed by atoms with Crippen molar-refractivity contribution in [1.29, 1.82) is 0 Å². The number of fused-ring (bicyclic) bond motifs is 1. The fraction of sp³-hybridized carbons (Fsp3) is 0.154. The average Bonchev–Trinajstić information content (AvgIpc) is 2.86. The summed E-state index contributed by atoms with van der Waals surface area (Å²) in [6.07, 6.45) is 1.29. The first kappa shape index (κ1) is 24.9. The van der Waals surface area contributed by atoms with E-state index < -0.39 is 22.9 Å². The third-order valence-corrected chi connectivity index (χ3v) is 5.77. The maximum absolute atomic E-state index is 13.3. The number of pyridine rings is 2. The van der Waals surface area contributed by atoms with Gasteiger partial charge in [-0.05, 0) is 49.4 Å². The summed E-state index contributed by atoms with van der Waals surface area (Å²) in [4.78, 5) is 43.7. The van der Waals surface area contributed by atoms with Crippen LogP contribution in [-0.4, -0.2) is 35.5 Å². The van der Waals surface area contributed by atoms with E-state index in [-0.39, 0.29) is 33.7 Å². The summed E-state index contributed by atoms with van der Waals surface area (Å²) in [5, 5.41) is 3.17.